The van der Waals surface area contributed by atoms with Crippen LogP contribution in [0, 0.1) is 0 Å². The predicted molar refractivity (Wildman–Crippen MR) is 152 cm³/mol. The van der Waals surface area contributed by atoms with Crippen LogP contribution in [0.25, 0.3) is 33.2 Å². The molecule has 2 aromatic heterocycles. The summed E-state index contributed by atoms with van der Waals surface area (Å²) in [5.41, 5.74) is 9.87. The minimum atomic E-state index is -0.0529. The van der Waals surface area contributed by atoms with Crippen molar-refractivity contribution in [3.63, 3.8) is 0 Å². The molecule has 0 N–H and O–H groups in total. The third kappa shape index (κ3) is 4.81. The van der Waals surface area contributed by atoms with Gasteiger partial charge in [0, 0.05) is 29.5 Å². The Balaban J connectivity index is 1.48. The second-order valence-corrected chi connectivity index (χ2v) is 11.4. The monoisotopic (exact) mass is 470 g/mol. The summed E-state index contributed by atoms with van der Waals surface area (Å²) < 4.78 is 0. The summed E-state index contributed by atoms with van der Waals surface area (Å²) in [6.07, 6.45) is 6.83. The zero-order valence-electron chi connectivity index (χ0n) is 21.9. The van der Waals surface area contributed by atoms with Crippen molar-refractivity contribution in [2.24, 2.45) is 0 Å². The van der Waals surface area contributed by atoms with E-state index >= 15 is 0 Å². The summed E-state index contributed by atoms with van der Waals surface area (Å²) >= 11 is 0. The van der Waals surface area contributed by atoms with Gasteiger partial charge in [-0.05, 0) is 68.8 Å². The lowest BCUT2D eigenvalue weighted by Crippen LogP contribution is -2.20. The predicted octanol–water partition coefficient (Wildman–Crippen LogP) is 8.78. The van der Waals surface area contributed by atoms with E-state index < -0.39 is 0 Å². The maximum atomic E-state index is 4.65. The Bertz CT molecular complexity index is 1520. The van der Waals surface area contributed by atoms with E-state index in [0.717, 1.165) is 11.9 Å². The summed E-state index contributed by atoms with van der Waals surface area (Å²) in [6, 6.07) is 30.5. The summed E-state index contributed by atoms with van der Waals surface area (Å²) in [6.45, 7) is 11.5. The van der Waals surface area contributed by atoms with E-state index in [1.807, 2.05) is 24.7 Å². The van der Waals surface area contributed by atoms with Crippen molar-refractivity contribution < 1.29 is 0 Å². The topological polar surface area (TPSA) is 25.8 Å². The number of rotatable bonds is 5. The first-order valence-electron chi connectivity index (χ1n) is 12.7. The SMILES string of the molecule is CC(C)(C)c1ccccc1-c1cncc(CC(C)(C)c2cccc(-c3ccnc4ccccc34)c2)c1. The molecule has 0 bridgehead atoms. The molecule has 0 fully saturated rings. The van der Waals surface area contributed by atoms with E-state index in [0.29, 0.717) is 0 Å². The molecule has 2 heteroatoms. The fraction of sp³-hybridized carbons (Fsp3) is 0.235. The highest BCUT2D eigenvalue weighted by atomic mass is 14.6. The van der Waals surface area contributed by atoms with Crippen molar-refractivity contribution in [2.45, 2.75) is 51.9 Å². The molecule has 0 saturated heterocycles. The molecule has 0 aliphatic heterocycles. The molecule has 0 saturated carbocycles. The average molecular weight is 471 g/mol. The lowest BCUT2D eigenvalue weighted by atomic mass is 9.78. The number of fused-ring (bicyclic) bond motifs is 1. The third-order valence-electron chi connectivity index (χ3n) is 7.09. The Labute approximate surface area is 215 Å². The molecule has 0 radical (unpaired) electrons. The van der Waals surface area contributed by atoms with Gasteiger partial charge in [0.25, 0.3) is 0 Å². The van der Waals surface area contributed by atoms with Crippen LogP contribution in [0.3, 0.4) is 0 Å². The number of pyridine rings is 2. The molecule has 36 heavy (non-hydrogen) atoms. The molecule has 5 aromatic rings. The second-order valence-electron chi connectivity index (χ2n) is 11.4. The van der Waals surface area contributed by atoms with Crippen molar-refractivity contribution in [1.29, 1.82) is 0 Å². The van der Waals surface area contributed by atoms with E-state index in [4.69, 9.17) is 0 Å². The molecule has 0 spiro atoms. The van der Waals surface area contributed by atoms with E-state index in [1.54, 1.807) is 0 Å². The largest absolute Gasteiger partial charge is 0.264 e. The molecule has 0 amide bonds. The minimum Gasteiger partial charge on any atom is -0.264 e. The van der Waals surface area contributed by atoms with E-state index in [-0.39, 0.29) is 10.8 Å². The number of hydrogen-bond acceptors (Lipinski definition) is 2. The molecular formula is C34H34N2. The normalized spacial score (nSPS) is 12.1. The molecule has 0 atom stereocenters. The second kappa shape index (κ2) is 9.35. The van der Waals surface area contributed by atoms with Crippen LogP contribution in [0.4, 0.5) is 0 Å². The van der Waals surface area contributed by atoms with Crippen molar-refractivity contribution in [1.82, 2.24) is 9.97 Å². The van der Waals surface area contributed by atoms with Crippen LogP contribution >= 0.6 is 0 Å². The first-order valence-corrected chi connectivity index (χ1v) is 12.7. The van der Waals surface area contributed by atoms with Gasteiger partial charge in [0.15, 0.2) is 0 Å². The Hall–Kier alpha value is -3.78. The van der Waals surface area contributed by atoms with Gasteiger partial charge in [0.1, 0.15) is 0 Å². The quantitative estimate of drug-likeness (QED) is 0.256. The van der Waals surface area contributed by atoms with Gasteiger partial charge in [0.05, 0.1) is 5.52 Å². The maximum Gasteiger partial charge on any atom is 0.0708 e. The Kier molecular flexibility index (Phi) is 6.22. The van der Waals surface area contributed by atoms with Gasteiger partial charge in [-0.2, -0.15) is 0 Å². The molecule has 0 aliphatic carbocycles. The molecule has 2 nitrogen and oxygen atoms in total. The lowest BCUT2D eigenvalue weighted by molar-refractivity contribution is 0.522. The van der Waals surface area contributed by atoms with Gasteiger partial charge in [-0.3, -0.25) is 9.97 Å². The van der Waals surface area contributed by atoms with Crippen LogP contribution in [-0.4, -0.2) is 9.97 Å². The van der Waals surface area contributed by atoms with Crippen LogP contribution in [0.1, 0.15) is 51.3 Å². The number of aromatic nitrogens is 2. The molecule has 180 valence electrons. The van der Waals surface area contributed by atoms with Crippen molar-refractivity contribution >= 4 is 10.9 Å². The smallest absolute Gasteiger partial charge is 0.0708 e. The van der Waals surface area contributed by atoms with Crippen molar-refractivity contribution in [3.8, 4) is 22.3 Å². The summed E-state index contributed by atoms with van der Waals surface area (Å²) in [5, 5.41) is 1.18. The Morgan fingerprint density at radius 3 is 2.28 bits per heavy atom. The summed E-state index contributed by atoms with van der Waals surface area (Å²) in [5.74, 6) is 0. The minimum absolute atomic E-state index is 0.0529. The third-order valence-corrected chi connectivity index (χ3v) is 7.09. The highest BCUT2D eigenvalue weighted by Gasteiger charge is 2.23. The number of benzene rings is 3. The molecule has 5 rings (SSSR count). The maximum absolute atomic E-state index is 4.65. The van der Waals surface area contributed by atoms with Crippen LogP contribution in [-0.2, 0) is 17.3 Å². The zero-order valence-corrected chi connectivity index (χ0v) is 21.9. The molecule has 0 unspecified atom stereocenters. The van der Waals surface area contributed by atoms with Crippen molar-refractivity contribution in [3.05, 3.63) is 120 Å². The highest BCUT2D eigenvalue weighted by Crippen LogP contribution is 2.36. The number of hydrogen-bond donors (Lipinski definition) is 0. The fourth-order valence-corrected chi connectivity index (χ4v) is 5.19. The van der Waals surface area contributed by atoms with Gasteiger partial charge in [-0.25, -0.2) is 0 Å². The molecular weight excluding hydrogens is 436 g/mol. The van der Waals surface area contributed by atoms with Gasteiger partial charge in [0.2, 0.25) is 0 Å². The molecule has 3 aromatic carbocycles. The van der Waals surface area contributed by atoms with Crippen LogP contribution in [0.15, 0.2) is 104 Å². The average Bonchev–Trinajstić information content (AvgIpc) is 2.88. The zero-order chi connectivity index (χ0) is 25.3. The van der Waals surface area contributed by atoms with Crippen LogP contribution < -0.4 is 0 Å². The fourth-order valence-electron chi connectivity index (χ4n) is 5.19. The van der Waals surface area contributed by atoms with Crippen LogP contribution in [0.2, 0.25) is 0 Å². The standard InChI is InChI=1S/C34H34N2/c1-33(2,3)31-15-8-6-13-29(31)26-19-24(22-35-23-26)21-34(4,5)27-12-10-11-25(20-27)28-17-18-36-32-16-9-7-14-30(28)32/h6-20,22-23H,21H2,1-5H3. The summed E-state index contributed by atoms with van der Waals surface area (Å²) in [7, 11) is 0. The number of nitrogens with zero attached hydrogens (tertiary/aromatic N) is 2. The first kappa shape index (κ1) is 23.9. The Morgan fingerprint density at radius 2 is 1.44 bits per heavy atom. The highest BCUT2D eigenvalue weighted by molar-refractivity contribution is 5.94. The first-order chi connectivity index (χ1) is 17.2. The van der Waals surface area contributed by atoms with E-state index in [2.05, 4.69) is 123 Å². The molecule has 2 heterocycles. The number of para-hydroxylation sites is 1. The van der Waals surface area contributed by atoms with Crippen LogP contribution in [0.5, 0.6) is 0 Å². The van der Waals surface area contributed by atoms with Gasteiger partial charge in [-0.1, -0.05) is 101 Å². The van der Waals surface area contributed by atoms with E-state index in [9.17, 15) is 0 Å². The summed E-state index contributed by atoms with van der Waals surface area (Å²) in [4.78, 5) is 9.20. The van der Waals surface area contributed by atoms with Crippen molar-refractivity contribution in [2.75, 3.05) is 0 Å². The lowest BCUT2D eigenvalue weighted by Gasteiger charge is -2.27. The van der Waals surface area contributed by atoms with Gasteiger partial charge in [-0.15, -0.1) is 0 Å². The van der Waals surface area contributed by atoms with Gasteiger partial charge >= 0.3 is 0 Å². The van der Waals surface area contributed by atoms with E-state index in [1.165, 1.54) is 44.3 Å². The van der Waals surface area contributed by atoms with Gasteiger partial charge < -0.3 is 0 Å². The molecule has 0 aliphatic rings. The Morgan fingerprint density at radius 1 is 0.667 bits per heavy atom.